The van der Waals surface area contributed by atoms with E-state index < -0.39 is 0 Å². The van der Waals surface area contributed by atoms with Gasteiger partial charge in [-0.25, -0.2) is 9.97 Å². The van der Waals surface area contributed by atoms with E-state index in [1.807, 2.05) is 13.8 Å². The molecule has 1 heterocycles. The Labute approximate surface area is 129 Å². The lowest BCUT2D eigenvalue weighted by Crippen LogP contribution is -2.31. The first-order valence-electron chi connectivity index (χ1n) is 6.91. The number of hydrogen-bond donors (Lipinski definition) is 2. The third-order valence-electron chi connectivity index (χ3n) is 2.75. The molecule has 6 nitrogen and oxygen atoms in total. The van der Waals surface area contributed by atoms with Crippen molar-refractivity contribution in [1.82, 2.24) is 15.3 Å². The van der Waals surface area contributed by atoms with E-state index in [4.69, 9.17) is 5.26 Å². The molecular weight excluding hydrogens is 278 g/mol. The van der Waals surface area contributed by atoms with E-state index in [9.17, 15) is 4.79 Å². The van der Waals surface area contributed by atoms with Gasteiger partial charge in [-0.15, -0.1) is 0 Å². The molecule has 1 aromatic heterocycles. The van der Waals surface area contributed by atoms with E-state index in [1.54, 1.807) is 37.3 Å². The van der Waals surface area contributed by atoms with Crippen molar-refractivity contribution < 1.29 is 4.79 Å². The lowest BCUT2D eigenvalue weighted by atomic mass is 10.2. The zero-order valence-corrected chi connectivity index (χ0v) is 12.7. The van der Waals surface area contributed by atoms with Crippen molar-refractivity contribution in [3.05, 3.63) is 47.3 Å². The molecule has 112 valence electrons. The summed E-state index contributed by atoms with van der Waals surface area (Å²) in [6.07, 6.45) is 0. The number of rotatable bonds is 4. The van der Waals surface area contributed by atoms with E-state index in [-0.39, 0.29) is 11.9 Å². The number of carbonyl (C=O) groups excluding carboxylic acids is 1. The van der Waals surface area contributed by atoms with Crippen LogP contribution in [0.4, 0.5) is 11.6 Å². The highest BCUT2D eigenvalue weighted by Crippen LogP contribution is 2.15. The molecule has 0 unspecified atom stereocenters. The van der Waals surface area contributed by atoms with Crippen LogP contribution in [0.3, 0.4) is 0 Å². The van der Waals surface area contributed by atoms with Crippen molar-refractivity contribution >= 4 is 17.5 Å². The molecular formula is C16H17N5O. The van der Waals surface area contributed by atoms with Crippen LogP contribution < -0.4 is 10.6 Å². The van der Waals surface area contributed by atoms with E-state index in [2.05, 4.69) is 26.7 Å². The van der Waals surface area contributed by atoms with Crippen LogP contribution in [0.2, 0.25) is 0 Å². The standard InChI is InChI=1S/C16H17N5O/c1-10(2)18-15(22)14-7-11(3)19-16(21-14)20-13-6-4-5-12(8-13)9-17/h4-8,10H,1-3H3,(H,18,22)(H,19,20,21). The van der Waals surface area contributed by atoms with Crippen molar-refractivity contribution in [1.29, 1.82) is 5.26 Å². The van der Waals surface area contributed by atoms with Gasteiger partial charge in [-0.2, -0.15) is 5.26 Å². The van der Waals surface area contributed by atoms with Gasteiger partial charge in [0, 0.05) is 17.4 Å². The number of nitrogens with one attached hydrogen (secondary N) is 2. The highest BCUT2D eigenvalue weighted by Gasteiger charge is 2.11. The van der Waals surface area contributed by atoms with Crippen molar-refractivity contribution in [2.75, 3.05) is 5.32 Å². The molecule has 0 spiro atoms. The van der Waals surface area contributed by atoms with Gasteiger partial charge in [0.15, 0.2) is 0 Å². The average molecular weight is 295 g/mol. The van der Waals surface area contributed by atoms with Gasteiger partial charge in [-0.05, 0) is 45.0 Å². The second kappa shape index (κ2) is 6.68. The van der Waals surface area contributed by atoms with Crippen LogP contribution in [-0.2, 0) is 0 Å². The van der Waals surface area contributed by atoms with Gasteiger partial charge in [-0.1, -0.05) is 6.07 Å². The van der Waals surface area contributed by atoms with Gasteiger partial charge in [0.1, 0.15) is 5.69 Å². The van der Waals surface area contributed by atoms with Gasteiger partial charge in [-0.3, -0.25) is 4.79 Å². The second-order valence-electron chi connectivity index (χ2n) is 5.16. The van der Waals surface area contributed by atoms with Crippen LogP contribution in [-0.4, -0.2) is 21.9 Å². The first-order chi connectivity index (χ1) is 10.5. The Morgan fingerprint density at radius 1 is 1.27 bits per heavy atom. The maximum atomic E-state index is 12.0. The SMILES string of the molecule is Cc1cc(C(=O)NC(C)C)nc(Nc2cccc(C#N)c2)n1. The van der Waals surface area contributed by atoms with Gasteiger partial charge in [0.05, 0.1) is 11.6 Å². The number of carbonyl (C=O) groups is 1. The first kappa shape index (κ1) is 15.4. The zero-order valence-electron chi connectivity index (χ0n) is 12.7. The minimum absolute atomic E-state index is 0.0338. The summed E-state index contributed by atoms with van der Waals surface area (Å²) < 4.78 is 0. The molecule has 2 aromatic rings. The van der Waals surface area contributed by atoms with Crippen molar-refractivity contribution in [3.8, 4) is 6.07 Å². The van der Waals surface area contributed by atoms with Crippen molar-refractivity contribution in [3.63, 3.8) is 0 Å². The fourth-order valence-electron chi connectivity index (χ4n) is 1.87. The highest BCUT2D eigenvalue weighted by molar-refractivity contribution is 5.92. The fourth-order valence-corrected chi connectivity index (χ4v) is 1.87. The molecule has 2 N–H and O–H groups in total. The number of aromatic nitrogens is 2. The largest absolute Gasteiger partial charge is 0.349 e. The van der Waals surface area contributed by atoms with Gasteiger partial charge in [0.25, 0.3) is 5.91 Å². The summed E-state index contributed by atoms with van der Waals surface area (Å²) in [6, 6.07) is 10.7. The lowest BCUT2D eigenvalue weighted by Gasteiger charge is -2.10. The van der Waals surface area contributed by atoms with Gasteiger partial charge >= 0.3 is 0 Å². The van der Waals surface area contributed by atoms with Crippen LogP contribution in [0.25, 0.3) is 0 Å². The molecule has 0 aliphatic rings. The Kier molecular flexibility index (Phi) is 4.69. The molecule has 0 saturated heterocycles. The maximum Gasteiger partial charge on any atom is 0.270 e. The van der Waals surface area contributed by atoms with Crippen LogP contribution in [0.5, 0.6) is 0 Å². The molecule has 22 heavy (non-hydrogen) atoms. The van der Waals surface area contributed by atoms with E-state index in [0.29, 0.717) is 28.6 Å². The summed E-state index contributed by atoms with van der Waals surface area (Å²) >= 11 is 0. The Morgan fingerprint density at radius 2 is 2.05 bits per heavy atom. The van der Waals surface area contributed by atoms with Crippen molar-refractivity contribution in [2.45, 2.75) is 26.8 Å². The predicted molar refractivity (Wildman–Crippen MR) is 83.8 cm³/mol. The highest BCUT2D eigenvalue weighted by atomic mass is 16.1. The summed E-state index contributed by atoms with van der Waals surface area (Å²) in [6.45, 7) is 5.57. The minimum atomic E-state index is -0.241. The Bertz CT molecular complexity index is 734. The molecule has 0 aliphatic carbocycles. The molecule has 1 aromatic carbocycles. The molecule has 2 rings (SSSR count). The third kappa shape index (κ3) is 4.03. The smallest absolute Gasteiger partial charge is 0.270 e. The number of nitrogens with zero attached hydrogens (tertiary/aromatic N) is 3. The summed E-state index contributed by atoms with van der Waals surface area (Å²) in [5, 5.41) is 14.7. The topological polar surface area (TPSA) is 90.7 Å². The molecule has 1 amide bonds. The Hall–Kier alpha value is -2.94. The van der Waals surface area contributed by atoms with Crippen LogP contribution >= 0.6 is 0 Å². The molecule has 6 heteroatoms. The quantitative estimate of drug-likeness (QED) is 0.904. The Balaban J connectivity index is 2.26. The molecule has 0 bridgehead atoms. The normalized spacial score (nSPS) is 10.1. The number of nitriles is 1. The predicted octanol–water partition coefficient (Wildman–Crippen LogP) is 2.54. The fraction of sp³-hybridized carbons (Fsp3) is 0.250. The lowest BCUT2D eigenvalue weighted by molar-refractivity contribution is 0.0938. The van der Waals surface area contributed by atoms with Crippen molar-refractivity contribution in [2.24, 2.45) is 0 Å². The van der Waals surface area contributed by atoms with Crippen LogP contribution in [0, 0.1) is 18.3 Å². The van der Waals surface area contributed by atoms with E-state index in [1.165, 1.54) is 0 Å². The summed E-state index contributed by atoms with van der Waals surface area (Å²) in [4.78, 5) is 20.5. The van der Waals surface area contributed by atoms with Crippen LogP contribution in [0.15, 0.2) is 30.3 Å². The first-order valence-corrected chi connectivity index (χ1v) is 6.91. The molecule has 0 radical (unpaired) electrons. The summed E-state index contributed by atoms with van der Waals surface area (Å²) in [5.74, 6) is 0.0818. The monoisotopic (exact) mass is 295 g/mol. The number of benzene rings is 1. The van der Waals surface area contributed by atoms with E-state index >= 15 is 0 Å². The molecule has 0 saturated carbocycles. The molecule has 0 aliphatic heterocycles. The number of amides is 1. The number of anilines is 2. The number of hydrogen-bond acceptors (Lipinski definition) is 5. The summed E-state index contributed by atoms with van der Waals surface area (Å²) in [5.41, 5.74) is 2.22. The second-order valence-corrected chi connectivity index (χ2v) is 5.16. The Morgan fingerprint density at radius 3 is 2.73 bits per heavy atom. The zero-order chi connectivity index (χ0) is 16.1. The summed E-state index contributed by atoms with van der Waals surface area (Å²) in [7, 11) is 0. The van der Waals surface area contributed by atoms with E-state index in [0.717, 1.165) is 0 Å². The third-order valence-corrected chi connectivity index (χ3v) is 2.75. The average Bonchev–Trinajstić information content (AvgIpc) is 2.46. The molecule has 0 atom stereocenters. The maximum absolute atomic E-state index is 12.0. The van der Waals surface area contributed by atoms with Gasteiger partial charge < -0.3 is 10.6 Å². The number of aryl methyl sites for hydroxylation is 1. The van der Waals surface area contributed by atoms with Gasteiger partial charge in [0.2, 0.25) is 5.95 Å². The molecule has 0 fully saturated rings. The van der Waals surface area contributed by atoms with Crippen LogP contribution in [0.1, 0.15) is 35.6 Å². The minimum Gasteiger partial charge on any atom is -0.349 e.